The van der Waals surface area contributed by atoms with Gasteiger partial charge < -0.3 is 14.8 Å². The van der Waals surface area contributed by atoms with E-state index in [0.717, 1.165) is 4.88 Å². The molecular weight excluding hydrogens is 440 g/mol. The Bertz CT molecular complexity index is 1110. The van der Waals surface area contributed by atoms with Crippen LogP contribution in [0.2, 0.25) is 0 Å². The smallest absolute Gasteiger partial charge is 0.340 e. The molecular formula is C21H18N2O6S2. The highest BCUT2D eigenvalue weighted by atomic mass is 32.1. The maximum absolute atomic E-state index is 12.8. The lowest BCUT2D eigenvalue weighted by Gasteiger charge is -2.16. The number of anilines is 1. The van der Waals surface area contributed by atoms with Crippen LogP contribution in [0.15, 0.2) is 53.2 Å². The summed E-state index contributed by atoms with van der Waals surface area (Å²) in [6.07, 6.45) is 0.565. The molecule has 3 rings (SSSR count). The number of nitrogens with one attached hydrogen (secondary N) is 1. The minimum absolute atomic E-state index is 0.109. The second-order valence-electron chi connectivity index (χ2n) is 6.23. The Labute approximate surface area is 185 Å². The van der Waals surface area contributed by atoms with Crippen molar-refractivity contribution in [2.75, 3.05) is 12.4 Å². The molecule has 1 atom stereocenters. The lowest BCUT2D eigenvalue weighted by Crippen LogP contribution is -2.30. The molecule has 1 unspecified atom stereocenters. The van der Waals surface area contributed by atoms with Gasteiger partial charge in [-0.3, -0.25) is 14.9 Å². The molecule has 2 aromatic heterocycles. The number of non-ortho nitro benzene ring substituents is 1. The first kappa shape index (κ1) is 22.2. The van der Waals surface area contributed by atoms with Crippen LogP contribution in [0.3, 0.4) is 0 Å². The van der Waals surface area contributed by atoms with E-state index in [0.29, 0.717) is 10.5 Å². The molecule has 3 aromatic rings. The van der Waals surface area contributed by atoms with E-state index in [2.05, 4.69) is 5.32 Å². The van der Waals surface area contributed by atoms with Gasteiger partial charge in [-0.25, -0.2) is 4.79 Å². The topological polar surface area (TPSA) is 108 Å². The van der Waals surface area contributed by atoms with Gasteiger partial charge in [0.05, 0.1) is 23.3 Å². The van der Waals surface area contributed by atoms with Gasteiger partial charge in [0.15, 0.2) is 6.10 Å². The number of rotatable bonds is 8. The van der Waals surface area contributed by atoms with E-state index < -0.39 is 22.9 Å². The molecule has 0 saturated carbocycles. The van der Waals surface area contributed by atoms with Gasteiger partial charge in [-0.15, -0.1) is 22.7 Å². The van der Waals surface area contributed by atoms with Crippen molar-refractivity contribution in [3.8, 4) is 5.75 Å². The standard InChI is InChI=1S/C21H18N2O6S2/c1-13(20(24)22-17-11-14(23(26)27)7-8-18(17)28-2)29-21(25)16(19-6-4-10-31-19)12-15-5-3-9-30-15/h3-13H,1-2H3,(H,22,24). The largest absolute Gasteiger partial charge is 0.495 e. The third-order valence-electron chi connectivity index (χ3n) is 4.14. The normalized spacial score (nSPS) is 12.1. The molecule has 0 bridgehead atoms. The fourth-order valence-electron chi connectivity index (χ4n) is 2.60. The summed E-state index contributed by atoms with van der Waals surface area (Å²) in [7, 11) is 1.38. The van der Waals surface area contributed by atoms with Crippen molar-refractivity contribution in [2.45, 2.75) is 13.0 Å². The first-order valence-electron chi connectivity index (χ1n) is 9.02. The number of esters is 1. The second kappa shape index (κ2) is 10.0. The lowest BCUT2D eigenvalue weighted by molar-refractivity contribution is -0.384. The number of hydrogen-bond acceptors (Lipinski definition) is 8. The third kappa shape index (κ3) is 5.56. The van der Waals surface area contributed by atoms with Crippen molar-refractivity contribution in [2.24, 2.45) is 0 Å². The van der Waals surface area contributed by atoms with Crippen LogP contribution in [-0.4, -0.2) is 30.0 Å². The summed E-state index contributed by atoms with van der Waals surface area (Å²) in [6.45, 7) is 1.42. The van der Waals surface area contributed by atoms with Crippen LogP contribution in [-0.2, 0) is 14.3 Å². The summed E-state index contributed by atoms with van der Waals surface area (Å²) < 4.78 is 10.5. The number of benzene rings is 1. The molecule has 1 amide bonds. The molecule has 0 aliphatic rings. The number of hydrogen-bond donors (Lipinski definition) is 1. The van der Waals surface area contributed by atoms with E-state index >= 15 is 0 Å². The minimum Gasteiger partial charge on any atom is -0.495 e. The van der Waals surface area contributed by atoms with Gasteiger partial charge in [-0.05, 0) is 42.0 Å². The van der Waals surface area contributed by atoms with Crippen molar-refractivity contribution in [1.29, 1.82) is 0 Å². The van der Waals surface area contributed by atoms with Crippen molar-refractivity contribution in [3.63, 3.8) is 0 Å². The zero-order valence-corrected chi connectivity index (χ0v) is 18.2. The maximum atomic E-state index is 12.8. The van der Waals surface area contributed by atoms with Gasteiger partial charge in [-0.2, -0.15) is 0 Å². The summed E-state index contributed by atoms with van der Waals surface area (Å²) >= 11 is 2.86. The highest BCUT2D eigenvalue weighted by Crippen LogP contribution is 2.30. The Morgan fingerprint density at radius 3 is 2.52 bits per heavy atom. The Morgan fingerprint density at radius 1 is 1.16 bits per heavy atom. The van der Waals surface area contributed by atoms with Crippen LogP contribution in [0, 0.1) is 10.1 Å². The van der Waals surface area contributed by atoms with Gasteiger partial charge in [0.25, 0.3) is 11.6 Å². The number of carbonyl (C=O) groups is 2. The third-order valence-corrected chi connectivity index (χ3v) is 5.86. The number of methoxy groups -OCH3 is 1. The van der Waals surface area contributed by atoms with Crippen molar-refractivity contribution >= 4 is 57.6 Å². The molecule has 0 spiro atoms. The zero-order chi connectivity index (χ0) is 22.4. The number of nitrogens with zero attached hydrogens (tertiary/aromatic N) is 1. The number of nitro groups is 1. The highest BCUT2D eigenvalue weighted by Gasteiger charge is 2.24. The summed E-state index contributed by atoms with van der Waals surface area (Å²) in [6, 6.07) is 11.2. The fraction of sp³-hybridized carbons (Fsp3) is 0.143. The van der Waals surface area contributed by atoms with E-state index in [1.807, 2.05) is 29.0 Å². The molecule has 0 radical (unpaired) electrons. The monoisotopic (exact) mass is 458 g/mol. The quantitative estimate of drug-likeness (QED) is 0.224. The SMILES string of the molecule is COc1ccc([N+](=O)[O-])cc1NC(=O)C(C)OC(=O)C(=Cc1cccs1)c1cccs1. The average molecular weight is 459 g/mol. The van der Waals surface area contributed by atoms with Crippen LogP contribution >= 0.6 is 22.7 Å². The van der Waals surface area contributed by atoms with Gasteiger partial charge in [0, 0.05) is 21.9 Å². The van der Waals surface area contributed by atoms with Crippen LogP contribution in [0.4, 0.5) is 11.4 Å². The van der Waals surface area contributed by atoms with E-state index in [-0.39, 0.29) is 17.1 Å². The predicted octanol–water partition coefficient (Wildman–Crippen LogP) is 4.84. The molecule has 10 heteroatoms. The Kier molecular flexibility index (Phi) is 7.16. The van der Waals surface area contributed by atoms with E-state index in [9.17, 15) is 19.7 Å². The van der Waals surface area contributed by atoms with E-state index in [4.69, 9.17) is 9.47 Å². The van der Waals surface area contributed by atoms with Crippen LogP contribution in [0.1, 0.15) is 16.7 Å². The maximum Gasteiger partial charge on any atom is 0.340 e. The number of ether oxygens (including phenoxy) is 2. The van der Waals surface area contributed by atoms with Gasteiger partial charge >= 0.3 is 5.97 Å². The first-order valence-corrected chi connectivity index (χ1v) is 10.8. The van der Waals surface area contributed by atoms with Crippen LogP contribution in [0.5, 0.6) is 5.75 Å². The molecule has 8 nitrogen and oxygen atoms in total. The molecule has 0 aliphatic carbocycles. The Balaban J connectivity index is 1.76. The Hall–Kier alpha value is -3.50. The first-order chi connectivity index (χ1) is 14.9. The zero-order valence-electron chi connectivity index (χ0n) is 16.6. The number of thiophene rings is 2. The molecule has 2 heterocycles. The highest BCUT2D eigenvalue weighted by molar-refractivity contribution is 7.12. The lowest BCUT2D eigenvalue weighted by atomic mass is 10.2. The second-order valence-corrected chi connectivity index (χ2v) is 8.16. The number of amides is 1. The number of carbonyl (C=O) groups excluding carboxylic acids is 2. The van der Waals surface area contributed by atoms with Crippen LogP contribution in [0.25, 0.3) is 11.6 Å². The molecule has 31 heavy (non-hydrogen) atoms. The van der Waals surface area contributed by atoms with Gasteiger partial charge in [0.1, 0.15) is 5.75 Å². The molecule has 0 aliphatic heterocycles. The fourth-order valence-corrected chi connectivity index (χ4v) is 3.98. The van der Waals surface area contributed by atoms with E-state index in [1.165, 1.54) is 54.9 Å². The van der Waals surface area contributed by atoms with Crippen LogP contribution < -0.4 is 10.1 Å². The molecule has 1 aromatic carbocycles. The number of nitro benzene ring substituents is 1. The summed E-state index contributed by atoms with van der Waals surface area (Å²) in [5.74, 6) is -1.05. The molecule has 1 N–H and O–H groups in total. The molecule has 0 fully saturated rings. The van der Waals surface area contributed by atoms with Gasteiger partial charge in [0.2, 0.25) is 0 Å². The summed E-state index contributed by atoms with van der Waals surface area (Å²) in [4.78, 5) is 37.4. The van der Waals surface area contributed by atoms with Crippen molar-refractivity contribution in [3.05, 3.63) is 73.1 Å². The summed E-state index contributed by atoms with van der Waals surface area (Å²) in [5, 5.41) is 17.3. The van der Waals surface area contributed by atoms with Gasteiger partial charge in [-0.1, -0.05) is 12.1 Å². The van der Waals surface area contributed by atoms with Crippen molar-refractivity contribution < 1.29 is 24.0 Å². The molecule has 0 saturated heterocycles. The van der Waals surface area contributed by atoms with Crippen molar-refractivity contribution in [1.82, 2.24) is 0 Å². The van der Waals surface area contributed by atoms with E-state index in [1.54, 1.807) is 12.1 Å². The minimum atomic E-state index is -1.15. The molecule has 160 valence electrons. The summed E-state index contributed by atoms with van der Waals surface area (Å²) in [5.41, 5.74) is 0.238. The predicted molar refractivity (Wildman–Crippen MR) is 120 cm³/mol. The average Bonchev–Trinajstić information content (AvgIpc) is 3.45. The Morgan fingerprint density at radius 2 is 1.90 bits per heavy atom.